The molecule has 1 saturated heterocycles. The van der Waals surface area contributed by atoms with Gasteiger partial charge in [0, 0.05) is 26.2 Å². The highest BCUT2D eigenvalue weighted by molar-refractivity contribution is 7.89. The molecule has 3 rings (SSSR count). The average Bonchev–Trinajstić information content (AvgIpc) is 3.10. The minimum Gasteiger partial charge on any atom is -0.464 e. The Morgan fingerprint density at radius 2 is 1.92 bits per heavy atom. The van der Waals surface area contributed by atoms with Crippen LogP contribution in [-0.2, 0) is 21.4 Å². The second-order valence-corrected chi connectivity index (χ2v) is 8.04. The fourth-order valence-electron chi connectivity index (χ4n) is 2.67. The largest absolute Gasteiger partial charge is 0.464 e. The first-order chi connectivity index (χ1) is 12.4. The zero-order valence-electron chi connectivity index (χ0n) is 14.1. The number of carbonyl (C=O) groups excluding carboxylic acids is 1. The molecule has 140 valence electrons. The second kappa shape index (κ2) is 7.70. The Hall–Kier alpha value is -2.01. The molecule has 1 fully saturated rings. The van der Waals surface area contributed by atoms with E-state index in [0.717, 1.165) is 0 Å². The lowest BCUT2D eigenvalue weighted by Gasteiger charge is -2.33. The Bertz CT molecular complexity index is 893. The number of carbonyl (C=O) groups is 1. The van der Waals surface area contributed by atoms with Crippen molar-refractivity contribution < 1.29 is 17.9 Å². The molecule has 9 nitrogen and oxygen atoms in total. The molecule has 0 N–H and O–H groups in total. The summed E-state index contributed by atoms with van der Waals surface area (Å²) in [4.78, 5) is 13.5. The summed E-state index contributed by atoms with van der Waals surface area (Å²) in [7, 11) is -2.34. The van der Waals surface area contributed by atoms with Gasteiger partial charge in [0.2, 0.25) is 10.0 Å². The van der Waals surface area contributed by atoms with Crippen molar-refractivity contribution in [2.75, 3.05) is 33.3 Å². The van der Waals surface area contributed by atoms with Crippen molar-refractivity contribution in [3.8, 4) is 0 Å². The smallest absolute Gasteiger partial charge is 0.360 e. The van der Waals surface area contributed by atoms with Crippen LogP contribution in [0.3, 0.4) is 0 Å². The highest BCUT2D eigenvalue weighted by atomic mass is 35.5. The number of aromatic nitrogens is 3. The highest BCUT2D eigenvalue weighted by Crippen LogP contribution is 2.25. The first kappa shape index (κ1) is 18.8. The van der Waals surface area contributed by atoms with Crippen molar-refractivity contribution in [1.29, 1.82) is 0 Å². The van der Waals surface area contributed by atoms with E-state index in [4.69, 9.17) is 11.6 Å². The van der Waals surface area contributed by atoms with Gasteiger partial charge in [0.1, 0.15) is 4.90 Å². The van der Waals surface area contributed by atoms with E-state index in [1.54, 1.807) is 18.2 Å². The highest BCUT2D eigenvalue weighted by Gasteiger charge is 2.30. The van der Waals surface area contributed by atoms with Gasteiger partial charge in [-0.05, 0) is 12.1 Å². The lowest BCUT2D eigenvalue weighted by atomic mass is 10.4. The molecule has 0 bridgehead atoms. The molecule has 0 aliphatic carbocycles. The number of esters is 1. The maximum Gasteiger partial charge on any atom is 0.360 e. The molecule has 1 aliphatic heterocycles. The lowest BCUT2D eigenvalue weighted by Crippen LogP contribution is -2.48. The normalized spacial score (nSPS) is 16.5. The van der Waals surface area contributed by atoms with Gasteiger partial charge in [-0.2, -0.15) is 4.31 Å². The minimum absolute atomic E-state index is 0.120. The topological polar surface area (TPSA) is 97.6 Å². The van der Waals surface area contributed by atoms with Crippen LogP contribution in [0.5, 0.6) is 0 Å². The van der Waals surface area contributed by atoms with E-state index in [2.05, 4.69) is 15.0 Å². The van der Waals surface area contributed by atoms with E-state index in [1.165, 1.54) is 28.4 Å². The van der Waals surface area contributed by atoms with E-state index < -0.39 is 16.0 Å². The molecule has 1 aromatic carbocycles. The van der Waals surface area contributed by atoms with Crippen LogP contribution >= 0.6 is 11.6 Å². The number of hydrogen-bond acceptors (Lipinski definition) is 7. The molecule has 2 aromatic rings. The van der Waals surface area contributed by atoms with Crippen LogP contribution in [0.25, 0.3) is 0 Å². The summed E-state index contributed by atoms with van der Waals surface area (Å²) >= 11 is 6.03. The third-order valence-electron chi connectivity index (χ3n) is 4.06. The number of halogens is 1. The number of ether oxygens (including phenoxy) is 1. The van der Waals surface area contributed by atoms with Gasteiger partial charge in [0.25, 0.3) is 0 Å². The predicted molar refractivity (Wildman–Crippen MR) is 93.1 cm³/mol. The van der Waals surface area contributed by atoms with Crippen molar-refractivity contribution in [2.45, 2.75) is 11.6 Å². The number of rotatable bonds is 5. The van der Waals surface area contributed by atoms with Crippen LogP contribution in [0.2, 0.25) is 5.02 Å². The standard InChI is InChI=1S/C15H18ClN5O4S/c1-25-15(22)13-10-20(18-17-13)11-19-6-8-21(9-7-19)26(23,24)14-5-3-2-4-12(14)16/h2-5,10H,6-9,11H2,1H3. The first-order valence-corrected chi connectivity index (χ1v) is 9.69. The van der Waals surface area contributed by atoms with Crippen LogP contribution in [0.1, 0.15) is 10.5 Å². The minimum atomic E-state index is -3.62. The molecule has 0 saturated carbocycles. The molecule has 2 heterocycles. The van der Waals surface area contributed by atoms with Crippen molar-refractivity contribution in [2.24, 2.45) is 0 Å². The van der Waals surface area contributed by atoms with Crippen LogP contribution in [0.15, 0.2) is 35.4 Å². The quantitative estimate of drug-likeness (QED) is 0.682. The summed E-state index contributed by atoms with van der Waals surface area (Å²) in [6.45, 7) is 2.14. The Morgan fingerprint density at radius 3 is 2.58 bits per heavy atom. The summed E-state index contributed by atoms with van der Waals surface area (Å²) in [6.07, 6.45) is 1.50. The zero-order chi connectivity index (χ0) is 18.7. The van der Waals surface area contributed by atoms with Crippen molar-refractivity contribution >= 4 is 27.6 Å². The van der Waals surface area contributed by atoms with Gasteiger partial charge in [-0.3, -0.25) is 4.90 Å². The monoisotopic (exact) mass is 399 g/mol. The zero-order valence-corrected chi connectivity index (χ0v) is 15.6. The number of piperazine rings is 1. The van der Waals surface area contributed by atoms with Crippen molar-refractivity contribution in [3.05, 3.63) is 41.2 Å². The Kier molecular flexibility index (Phi) is 5.56. The summed E-state index contributed by atoms with van der Waals surface area (Å²) < 4.78 is 33.0. The Balaban J connectivity index is 1.61. The molecule has 11 heteroatoms. The maximum absolute atomic E-state index is 12.7. The fraction of sp³-hybridized carbons (Fsp3) is 0.400. The predicted octanol–water partition coefficient (Wildman–Crippen LogP) is 0.682. The van der Waals surface area contributed by atoms with Crippen LogP contribution in [0.4, 0.5) is 0 Å². The molecular weight excluding hydrogens is 382 g/mol. The Morgan fingerprint density at radius 1 is 1.23 bits per heavy atom. The van der Waals surface area contributed by atoms with Crippen molar-refractivity contribution in [1.82, 2.24) is 24.2 Å². The number of hydrogen-bond donors (Lipinski definition) is 0. The molecule has 1 aliphatic rings. The van der Waals surface area contributed by atoms with Crippen molar-refractivity contribution in [3.63, 3.8) is 0 Å². The third-order valence-corrected chi connectivity index (χ3v) is 6.46. The number of nitrogens with zero attached hydrogens (tertiary/aromatic N) is 5. The molecule has 1 aromatic heterocycles. The first-order valence-electron chi connectivity index (χ1n) is 7.87. The molecule has 26 heavy (non-hydrogen) atoms. The van der Waals surface area contributed by atoms with Crippen LogP contribution in [0, 0.1) is 0 Å². The van der Waals surface area contributed by atoms with E-state index in [0.29, 0.717) is 32.8 Å². The van der Waals surface area contributed by atoms with Gasteiger partial charge >= 0.3 is 5.97 Å². The summed E-state index contributed by atoms with van der Waals surface area (Å²) in [6, 6.07) is 6.42. The summed E-state index contributed by atoms with van der Waals surface area (Å²) in [5.74, 6) is -0.549. The molecule has 0 atom stereocenters. The molecule has 0 spiro atoms. The van der Waals surface area contributed by atoms with Crippen LogP contribution in [-0.4, -0.2) is 71.9 Å². The fourth-order valence-corrected chi connectivity index (χ4v) is 4.59. The van der Waals surface area contributed by atoms with Crippen LogP contribution < -0.4 is 0 Å². The van der Waals surface area contributed by atoms with Gasteiger partial charge in [-0.15, -0.1) is 5.10 Å². The van der Waals surface area contributed by atoms with E-state index in [9.17, 15) is 13.2 Å². The Labute approximate surface area is 156 Å². The van der Waals surface area contributed by atoms with Gasteiger partial charge in [0.05, 0.1) is 25.0 Å². The average molecular weight is 400 g/mol. The number of benzene rings is 1. The maximum atomic E-state index is 12.7. The second-order valence-electron chi connectivity index (χ2n) is 5.73. The third kappa shape index (κ3) is 3.88. The molecule has 0 radical (unpaired) electrons. The molecule has 0 amide bonds. The van der Waals surface area contributed by atoms with Gasteiger partial charge < -0.3 is 4.74 Å². The number of sulfonamides is 1. The summed E-state index contributed by atoms with van der Waals surface area (Å²) in [5, 5.41) is 7.84. The van der Waals surface area contributed by atoms with E-state index in [-0.39, 0.29) is 15.6 Å². The SMILES string of the molecule is COC(=O)c1cn(CN2CCN(S(=O)(=O)c3ccccc3Cl)CC2)nn1. The van der Waals surface area contributed by atoms with Gasteiger partial charge in [-0.1, -0.05) is 28.9 Å². The van der Waals surface area contributed by atoms with Gasteiger partial charge in [0.15, 0.2) is 5.69 Å². The van der Waals surface area contributed by atoms with E-state index in [1.807, 2.05) is 4.90 Å². The van der Waals surface area contributed by atoms with E-state index >= 15 is 0 Å². The lowest BCUT2D eigenvalue weighted by molar-refractivity contribution is 0.0593. The molecule has 0 unspecified atom stereocenters. The molecular formula is C15H18ClN5O4S. The van der Waals surface area contributed by atoms with Gasteiger partial charge in [-0.25, -0.2) is 17.9 Å². The summed E-state index contributed by atoms with van der Waals surface area (Å²) in [5.41, 5.74) is 0.132. The number of methoxy groups -OCH3 is 1.